The largest absolute Gasteiger partial charge is 0.493 e. The molecule has 1 amide bonds. The molecule has 1 aromatic heterocycles. The molecule has 1 saturated heterocycles. The van der Waals surface area contributed by atoms with E-state index in [0.29, 0.717) is 31.0 Å². The number of rotatable bonds is 5. The van der Waals surface area contributed by atoms with Crippen molar-refractivity contribution >= 4 is 5.91 Å². The Morgan fingerprint density at radius 2 is 1.96 bits per heavy atom. The van der Waals surface area contributed by atoms with Crippen molar-refractivity contribution < 1.29 is 13.9 Å². The summed E-state index contributed by atoms with van der Waals surface area (Å²) in [6, 6.07) is 7.48. The summed E-state index contributed by atoms with van der Waals surface area (Å²) in [5, 5.41) is 0. The molecule has 0 aliphatic carbocycles. The van der Waals surface area contributed by atoms with Crippen LogP contribution in [0.25, 0.3) is 0 Å². The molecule has 28 heavy (non-hydrogen) atoms. The Kier molecular flexibility index (Phi) is 6.39. The summed E-state index contributed by atoms with van der Waals surface area (Å²) >= 11 is 0. The zero-order valence-corrected chi connectivity index (χ0v) is 17.4. The summed E-state index contributed by atoms with van der Waals surface area (Å²) in [6.45, 7) is 12.7. The first-order valence-corrected chi connectivity index (χ1v) is 10.1. The van der Waals surface area contributed by atoms with E-state index in [1.165, 1.54) is 0 Å². The second-order valence-electron chi connectivity index (χ2n) is 8.22. The first kappa shape index (κ1) is 20.4. The van der Waals surface area contributed by atoms with Gasteiger partial charge in [0.2, 0.25) is 5.89 Å². The molecule has 0 radical (unpaired) electrons. The zero-order chi connectivity index (χ0) is 20.1. The number of para-hydroxylation sites is 1. The van der Waals surface area contributed by atoms with Gasteiger partial charge in [-0.05, 0) is 25.5 Å². The predicted octanol–water partition coefficient (Wildman–Crippen LogP) is 3.72. The summed E-state index contributed by atoms with van der Waals surface area (Å²) in [5.74, 6) is 2.34. The van der Waals surface area contributed by atoms with Crippen molar-refractivity contribution in [1.82, 2.24) is 14.8 Å². The molecule has 6 nitrogen and oxygen atoms in total. The van der Waals surface area contributed by atoms with Crippen molar-refractivity contribution in [2.75, 3.05) is 32.8 Å². The number of carbonyl (C=O) groups is 1. The lowest BCUT2D eigenvalue weighted by Crippen LogP contribution is -2.35. The highest BCUT2D eigenvalue weighted by Crippen LogP contribution is 2.24. The van der Waals surface area contributed by atoms with Crippen molar-refractivity contribution in [3.8, 4) is 5.75 Å². The lowest BCUT2D eigenvalue weighted by Gasteiger charge is -2.22. The van der Waals surface area contributed by atoms with E-state index in [2.05, 4.69) is 30.7 Å². The number of ether oxygens (including phenoxy) is 1. The molecule has 2 aromatic rings. The number of hydrogen-bond acceptors (Lipinski definition) is 5. The van der Waals surface area contributed by atoms with Gasteiger partial charge in [0, 0.05) is 31.6 Å². The standard InChI is InChI=1S/C22H31N3O3/c1-5-27-18-10-7-6-9-17(18)21(26)25-12-8-11-24(13-14-25)16-20-23-15-19(28-20)22(2,3)4/h6-7,9-10,15H,5,8,11-14,16H2,1-4H3. The maximum atomic E-state index is 13.0. The third-order valence-corrected chi connectivity index (χ3v) is 4.94. The molecule has 6 heteroatoms. The van der Waals surface area contributed by atoms with Crippen molar-refractivity contribution in [2.24, 2.45) is 0 Å². The molecule has 0 unspecified atom stereocenters. The molecule has 0 spiro atoms. The Labute approximate surface area is 167 Å². The van der Waals surface area contributed by atoms with E-state index in [4.69, 9.17) is 9.15 Å². The summed E-state index contributed by atoms with van der Waals surface area (Å²) in [5.41, 5.74) is 0.599. The van der Waals surface area contributed by atoms with E-state index in [0.717, 1.165) is 37.7 Å². The van der Waals surface area contributed by atoms with Gasteiger partial charge in [-0.3, -0.25) is 9.69 Å². The number of benzene rings is 1. The Morgan fingerprint density at radius 3 is 2.68 bits per heavy atom. The third kappa shape index (κ3) is 4.93. The van der Waals surface area contributed by atoms with Gasteiger partial charge in [-0.25, -0.2) is 4.98 Å². The van der Waals surface area contributed by atoms with Crippen LogP contribution in [0.3, 0.4) is 0 Å². The molecule has 1 aromatic carbocycles. The molecular formula is C22H31N3O3. The Balaban J connectivity index is 1.62. The number of nitrogens with zero attached hydrogens (tertiary/aromatic N) is 3. The average Bonchev–Trinajstić information content (AvgIpc) is 3.01. The number of amides is 1. The van der Waals surface area contributed by atoms with Gasteiger partial charge in [0.1, 0.15) is 11.5 Å². The van der Waals surface area contributed by atoms with Crippen LogP contribution in [0.1, 0.15) is 56.1 Å². The third-order valence-electron chi connectivity index (χ3n) is 4.94. The molecule has 152 valence electrons. The van der Waals surface area contributed by atoms with Gasteiger partial charge in [0.25, 0.3) is 5.91 Å². The van der Waals surface area contributed by atoms with Gasteiger partial charge in [0.15, 0.2) is 0 Å². The van der Waals surface area contributed by atoms with Crippen LogP contribution in [0.2, 0.25) is 0 Å². The molecule has 0 bridgehead atoms. The van der Waals surface area contributed by atoms with Crippen LogP contribution in [0, 0.1) is 0 Å². The molecule has 0 saturated carbocycles. The SMILES string of the molecule is CCOc1ccccc1C(=O)N1CCCN(Cc2ncc(C(C)(C)C)o2)CC1. The topological polar surface area (TPSA) is 58.8 Å². The van der Waals surface area contributed by atoms with E-state index in [-0.39, 0.29) is 11.3 Å². The summed E-state index contributed by atoms with van der Waals surface area (Å²) in [6.07, 6.45) is 2.75. The van der Waals surface area contributed by atoms with E-state index in [1.54, 1.807) is 0 Å². The monoisotopic (exact) mass is 385 g/mol. The van der Waals surface area contributed by atoms with E-state index in [9.17, 15) is 4.79 Å². The summed E-state index contributed by atoms with van der Waals surface area (Å²) in [4.78, 5) is 21.7. The van der Waals surface area contributed by atoms with Gasteiger partial charge in [-0.1, -0.05) is 32.9 Å². The fourth-order valence-corrected chi connectivity index (χ4v) is 3.35. The molecular weight excluding hydrogens is 354 g/mol. The van der Waals surface area contributed by atoms with Crippen LogP contribution in [0.5, 0.6) is 5.75 Å². The van der Waals surface area contributed by atoms with E-state index < -0.39 is 0 Å². The minimum Gasteiger partial charge on any atom is -0.493 e. The molecule has 2 heterocycles. The van der Waals surface area contributed by atoms with E-state index in [1.807, 2.05) is 42.3 Å². The van der Waals surface area contributed by atoms with Crippen molar-refractivity contribution in [3.05, 3.63) is 47.7 Å². The van der Waals surface area contributed by atoms with Crippen LogP contribution in [0.15, 0.2) is 34.9 Å². The highest BCUT2D eigenvalue weighted by molar-refractivity contribution is 5.97. The van der Waals surface area contributed by atoms with Crippen LogP contribution in [-0.2, 0) is 12.0 Å². The summed E-state index contributed by atoms with van der Waals surface area (Å²) < 4.78 is 11.6. The predicted molar refractivity (Wildman–Crippen MR) is 109 cm³/mol. The smallest absolute Gasteiger partial charge is 0.257 e. The van der Waals surface area contributed by atoms with Crippen LogP contribution in [0.4, 0.5) is 0 Å². The fourth-order valence-electron chi connectivity index (χ4n) is 3.35. The van der Waals surface area contributed by atoms with Crippen molar-refractivity contribution in [3.63, 3.8) is 0 Å². The lowest BCUT2D eigenvalue weighted by molar-refractivity contribution is 0.0756. The van der Waals surface area contributed by atoms with Crippen molar-refractivity contribution in [1.29, 1.82) is 0 Å². The zero-order valence-electron chi connectivity index (χ0n) is 17.4. The van der Waals surface area contributed by atoms with Crippen LogP contribution >= 0.6 is 0 Å². The van der Waals surface area contributed by atoms with Crippen molar-refractivity contribution in [2.45, 2.75) is 46.1 Å². The molecule has 0 N–H and O–H groups in total. The maximum absolute atomic E-state index is 13.0. The number of aromatic nitrogens is 1. The summed E-state index contributed by atoms with van der Waals surface area (Å²) in [7, 11) is 0. The van der Waals surface area contributed by atoms with Crippen LogP contribution < -0.4 is 4.74 Å². The molecule has 1 fully saturated rings. The quantitative estimate of drug-likeness (QED) is 0.785. The normalized spacial score (nSPS) is 16.1. The molecule has 3 rings (SSSR count). The second kappa shape index (κ2) is 8.78. The van der Waals surface area contributed by atoms with Crippen LogP contribution in [-0.4, -0.2) is 53.5 Å². The van der Waals surface area contributed by atoms with Gasteiger partial charge in [-0.2, -0.15) is 0 Å². The number of hydrogen-bond donors (Lipinski definition) is 0. The minimum absolute atomic E-state index is 0.0389. The Bertz CT molecular complexity index is 794. The molecule has 0 atom stereocenters. The molecule has 1 aliphatic rings. The number of oxazole rings is 1. The van der Waals surface area contributed by atoms with Gasteiger partial charge >= 0.3 is 0 Å². The highest BCUT2D eigenvalue weighted by atomic mass is 16.5. The Hall–Kier alpha value is -2.34. The lowest BCUT2D eigenvalue weighted by atomic mass is 9.94. The Morgan fingerprint density at radius 1 is 1.18 bits per heavy atom. The minimum atomic E-state index is -0.0405. The highest BCUT2D eigenvalue weighted by Gasteiger charge is 2.24. The maximum Gasteiger partial charge on any atom is 0.257 e. The van der Waals surface area contributed by atoms with Gasteiger partial charge < -0.3 is 14.1 Å². The van der Waals surface area contributed by atoms with Gasteiger partial charge in [0.05, 0.1) is 24.9 Å². The molecule has 1 aliphatic heterocycles. The first-order chi connectivity index (χ1) is 13.4. The van der Waals surface area contributed by atoms with E-state index >= 15 is 0 Å². The number of carbonyl (C=O) groups excluding carboxylic acids is 1. The first-order valence-electron chi connectivity index (χ1n) is 10.1. The average molecular weight is 386 g/mol. The second-order valence-corrected chi connectivity index (χ2v) is 8.22. The fraction of sp³-hybridized carbons (Fsp3) is 0.545. The van der Waals surface area contributed by atoms with Gasteiger partial charge in [-0.15, -0.1) is 0 Å².